The number of hydrogen-bond donors (Lipinski definition) is 1. The number of piperidine rings is 1. The normalized spacial score (nSPS) is 17.1. The van der Waals surface area contributed by atoms with E-state index in [0.717, 1.165) is 0 Å². The zero-order chi connectivity index (χ0) is 23.9. The van der Waals surface area contributed by atoms with E-state index in [1.54, 1.807) is 19.2 Å². The van der Waals surface area contributed by atoms with E-state index in [9.17, 15) is 13.2 Å². The first-order valence-electron chi connectivity index (χ1n) is 10.6. The summed E-state index contributed by atoms with van der Waals surface area (Å²) in [6.07, 6.45) is 4.22. The van der Waals surface area contributed by atoms with Crippen molar-refractivity contribution in [3.8, 4) is 0 Å². The lowest BCUT2D eigenvalue weighted by atomic mass is 9.87. The van der Waals surface area contributed by atoms with Gasteiger partial charge in [0.05, 0.1) is 29.1 Å². The summed E-state index contributed by atoms with van der Waals surface area (Å²) in [6, 6.07) is 1.78. The highest BCUT2D eigenvalue weighted by Gasteiger charge is 2.39. The van der Waals surface area contributed by atoms with Crippen LogP contribution in [0.4, 0.5) is 5.88 Å². The molecule has 3 rings (SSSR count). The summed E-state index contributed by atoms with van der Waals surface area (Å²) in [5, 5.41) is 6.94. The van der Waals surface area contributed by atoms with Crippen molar-refractivity contribution in [2.45, 2.75) is 64.5 Å². The molecular formula is C21H33N5O5S. The molecule has 1 aliphatic rings. The molecule has 3 heterocycles. The molecule has 0 unspecified atom stereocenters. The second-order valence-corrected chi connectivity index (χ2v) is 11.4. The van der Waals surface area contributed by atoms with Gasteiger partial charge in [0.25, 0.3) is 0 Å². The number of nitrogens with zero attached hydrogens (tertiary/aromatic N) is 4. The number of nitrogens with one attached hydrogen (secondary N) is 1. The smallest absolute Gasteiger partial charge is 0.246 e. The maximum Gasteiger partial charge on any atom is 0.246 e. The number of anilines is 1. The van der Waals surface area contributed by atoms with Crippen molar-refractivity contribution in [1.82, 2.24) is 19.3 Å². The van der Waals surface area contributed by atoms with Crippen molar-refractivity contribution in [3.63, 3.8) is 0 Å². The Labute approximate surface area is 189 Å². The van der Waals surface area contributed by atoms with Crippen LogP contribution in [-0.4, -0.2) is 71.6 Å². The Kier molecular flexibility index (Phi) is 6.56. The van der Waals surface area contributed by atoms with Crippen molar-refractivity contribution >= 4 is 21.8 Å². The molecule has 11 heteroatoms. The predicted molar refractivity (Wildman–Crippen MR) is 120 cm³/mol. The molecule has 1 fully saturated rings. The van der Waals surface area contributed by atoms with Gasteiger partial charge in [0.2, 0.25) is 21.8 Å². The molecule has 32 heavy (non-hydrogen) atoms. The van der Waals surface area contributed by atoms with Gasteiger partial charge in [-0.2, -0.15) is 0 Å². The topological polar surface area (TPSA) is 122 Å². The highest BCUT2D eigenvalue weighted by Crippen LogP contribution is 2.33. The lowest BCUT2D eigenvalue weighted by Gasteiger charge is -2.43. The molecule has 1 amide bonds. The molecular weight excluding hydrogens is 434 g/mol. The van der Waals surface area contributed by atoms with Gasteiger partial charge in [-0.15, -0.1) is 0 Å². The van der Waals surface area contributed by atoms with Gasteiger partial charge >= 0.3 is 0 Å². The first-order valence-corrected chi connectivity index (χ1v) is 12.5. The Morgan fingerprint density at radius 2 is 1.88 bits per heavy atom. The number of oxazole rings is 1. The first-order chi connectivity index (χ1) is 14.7. The van der Waals surface area contributed by atoms with E-state index in [0.29, 0.717) is 43.3 Å². The van der Waals surface area contributed by atoms with Gasteiger partial charge in [-0.1, -0.05) is 5.16 Å². The van der Waals surface area contributed by atoms with E-state index in [4.69, 9.17) is 8.94 Å². The molecule has 178 valence electrons. The second-order valence-electron chi connectivity index (χ2n) is 9.46. The van der Waals surface area contributed by atoms with Crippen molar-refractivity contribution in [1.29, 1.82) is 0 Å². The van der Waals surface area contributed by atoms with Crippen LogP contribution in [0.2, 0.25) is 0 Å². The maximum absolute atomic E-state index is 13.1. The van der Waals surface area contributed by atoms with Gasteiger partial charge < -0.3 is 8.94 Å². The van der Waals surface area contributed by atoms with Crippen molar-refractivity contribution < 1.29 is 22.2 Å². The molecule has 1 saturated heterocycles. The van der Waals surface area contributed by atoms with Gasteiger partial charge in [-0.25, -0.2) is 17.7 Å². The van der Waals surface area contributed by atoms with Crippen LogP contribution in [0.25, 0.3) is 0 Å². The second kappa shape index (κ2) is 8.60. The van der Waals surface area contributed by atoms with E-state index in [1.807, 2.05) is 39.6 Å². The van der Waals surface area contributed by atoms with Gasteiger partial charge in [-0.3, -0.25) is 15.0 Å². The van der Waals surface area contributed by atoms with Crippen LogP contribution in [0.5, 0.6) is 0 Å². The number of hydrogen-bond acceptors (Lipinski definition) is 8. The van der Waals surface area contributed by atoms with Gasteiger partial charge in [-0.05, 0) is 47.6 Å². The van der Waals surface area contributed by atoms with Crippen molar-refractivity contribution in [2.75, 3.05) is 31.7 Å². The molecule has 1 N–H and O–H groups in total. The molecule has 2 aromatic rings. The number of rotatable bonds is 7. The summed E-state index contributed by atoms with van der Waals surface area (Å²) in [5.41, 5.74) is -0.806. The Hall–Kier alpha value is -2.24. The van der Waals surface area contributed by atoms with E-state index >= 15 is 0 Å². The summed E-state index contributed by atoms with van der Waals surface area (Å²) in [6.45, 7) is 10.2. The summed E-state index contributed by atoms with van der Waals surface area (Å²) < 4.78 is 36.0. The van der Waals surface area contributed by atoms with Crippen LogP contribution in [0.1, 0.15) is 57.9 Å². The SMILES string of the molecule is Cc1ncc(C(C)(C)c2cc(NC(=O)C(C)(C)N(C)C3CCN(S(C)(=O)=O)CC3)on2)o1. The Morgan fingerprint density at radius 3 is 2.41 bits per heavy atom. The maximum atomic E-state index is 13.1. The monoisotopic (exact) mass is 467 g/mol. The fraction of sp³-hybridized carbons (Fsp3) is 0.667. The molecule has 0 radical (unpaired) electrons. The highest BCUT2D eigenvalue weighted by molar-refractivity contribution is 7.88. The summed E-state index contributed by atoms with van der Waals surface area (Å²) in [7, 11) is -1.30. The zero-order valence-corrected chi connectivity index (χ0v) is 20.6. The lowest BCUT2D eigenvalue weighted by Crippen LogP contribution is -2.57. The largest absolute Gasteiger partial charge is 0.445 e. The predicted octanol–water partition coefficient (Wildman–Crippen LogP) is 2.37. The molecule has 0 atom stereocenters. The molecule has 0 bridgehead atoms. The number of likely N-dealkylation sites (N-methyl/N-ethyl adjacent to an activating group) is 1. The number of carbonyl (C=O) groups is 1. The number of aromatic nitrogens is 2. The Bertz CT molecular complexity index is 1060. The minimum Gasteiger partial charge on any atom is -0.445 e. The van der Waals surface area contributed by atoms with Crippen LogP contribution in [0.3, 0.4) is 0 Å². The quantitative estimate of drug-likeness (QED) is 0.659. The first kappa shape index (κ1) is 24.4. The van der Waals surface area contributed by atoms with Crippen molar-refractivity contribution in [2.24, 2.45) is 0 Å². The standard InChI is InChI=1S/C21H33N5O5S/c1-14-22-13-17(30-14)20(2,3)16-12-18(31-24-16)23-19(27)21(4,5)25(6)15-8-10-26(11-9-15)32(7,28)29/h12-13,15H,8-11H2,1-7H3,(H,23,27). The fourth-order valence-electron chi connectivity index (χ4n) is 3.85. The number of sulfonamides is 1. The average Bonchev–Trinajstić information content (AvgIpc) is 3.36. The van der Waals surface area contributed by atoms with Crippen LogP contribution in [0.15, 0.2) is 21.2 Å². The molecule has 1 aliphatic heterocycles. The third-order valence-corrected chi connectivity index (χ3v) is 7.81. The van der Waals surface area contributed by atoms with E-state index in [2.05, 4.69) is 15.5 Å². The highest BCUT2D eigenvalue weighted by atomic mass is 32.2. The van der Waals surface area contributed by atoms with Crippen LogP contribution in [0, 0.1) is 6.92 Å². The van der Waals surface area contributed by atoms with Crippen LogP contribution >= 0.6 is 0 Å². The van der Waals surface area contributed by atoms with Crippen LogP contribution in [-0.2, 0) is 20.2 Å². The summed E-state index contributed by atoms with van der Waals surface area (Å²) in [4.78, 5) is 19.2. The third kappa shape index (κ3) is 4.89. The fourth-order valence-corrected chi connectivity index (χ4v) is 4.72. The molecule has 0 aliphatic carbocycles. The van der Waals surface area contributed by atoms with Crippen molar-refractivity contribution in [3.05, 3.63) is 29.6 Å². The Morgan fingerprint density at radius 1 is 1.25 bits per heavy atom. The minimum absolute atomic E-state index is 0.0904. The molecule has 0 aromatic carbocycles. The average molecular weight is 468 g/mol. The molecule has 2 aromatic heterocycles. The van der Waals surface area contributed by atoms with Gasteiger partial charge in [0, 0.05) is 32.1 Å². The number of carbonyl (C=O) groups excluding carboxylic acids is 1. The summed E-state index contributed by atoms with van der Waals surface area (Å²) in [5.74, 6) is 1.24. The van der Waals surface area contributed by atoms with Gasteiger partial charge in [0.15, 0.2) is 5.89 Å². The van der Waals surface area contributed by atoms with E-state index < -0.39 is 21.0 Å². The van der Waals surface area contributed by atoms with E-state index in [-0.39, 0.29) is 17.8 Å². The van der Waals surface area contributed by atoms with Gasteiger partial charge in [0.1, 0.15) is 5.76 Å². The molecule has 10 nitrogen and oxygen atoms in total. The zero-order valence-electron chi connectivity index (χ0n) is 19.8. The number of aryl methyl sites for hydroxylation is 1. The third-order valence-electron chi connectivity index (χ3n) is 6.50. The summed E-state index contributed by atoms with van der Waals surface area (Å²) >= 11 is 0. The number of amides is 1. The van der Waals surface area contributed by atoms with Crippen LogP contribution < -0.4 is 5.32 Å². The Balaban J connectivity index is 1.66. The minimum atomic E-state index is -3.19. The molecule has 0 saturated carbocycles. The molecule has 0 spiro atoms. The lowest BCUT2D eigenvalue weighted by molar-refractivity contribution is -0.127. The van der Waals surface area contributed by atoms with E-state index in [1.165, 1.54) is 10.6 Å².